The van der Waals surface area contributed by atoms with Crippen LogP contribution in [0.1, 0.15) is 62.2 Å². The molecule has 4 rings (SSSR count). The van der Waals surface area contributed by atoms with Gasteiger partial charge in [-0.15, -0.1) is 0 Å². The van der Waals surface area contributed by atoms with E-state index < -0.39 is 34.4 Å². The first-order chi connectivity index (χ1) is 16.3. The number of aromatic nitrogens is 3. The monoisotopic (exact) mass is 485 g/mol. The van der Waals surface area contributed by atoms with E-state index in [9.17, 15) is 19.1 Å². The van der Waals surface area contributed by atoms with Gasteiger partial charge in [-0.1, -0.05) is 12.1 Å². The molecule has 0 amide bonds. The van der Waals surface area contributed by atoms with Gasteiger partial charge in [-0.05, 0) is 52.7 Å². The van der Waals surface area contributed by atoms with E-state index in [0.717, 1.165) is 19.9 Å². The van der Waals surface area contributed by atoms with Gasteiger partial charge in [0.2, 0.25) is 5.88 Å². The highest BCUT2D eigenvalue weighted by molar-refractivity contribution is 5.88. The van der Waals surface area contributed by atoms with Crippen molar-refractivity contribution in [2.75, 3.05) is 12.4 Å². The largest absolute Gasteiger partial charge is 0.481 e. The lowest BCUT2D eigenvalue weighted by molar-refractivity contribution is -0.170. The van der Waals surface area contributed by atoms with Gasteiger partial charge < -0.3 is 15.2 Å². The molecule has 1 fully saturated rings. The van der Waals surface area contributed by atoms with Crippen molar-refractivity contribution in [2.45, 2.75) is 63.5 Å². The number of aliphatic hydroxyl groups is 1. The second kappa shape index (κ2) is 8.34. The third kappa shape index (κ3) is 4.14. The van der Waals surface area contributed by atoms with Crippen LogP contribution < -0.4 is 10.1 Å². The summed E-state index contributed by atoms with van der Waals surface area (Å²) in [5.74, 6) is -3.91. The molecule has 0 aliphatic heterocycles. The minimum atomic E-state index is -3.81. The molecule has 0 spiro atoms. The zero-order chi connectivity index (χ0) is 25.8. The number of aryl methyl sites for hydroxylation is 1. The Morgan fingerprint density at radius 3 is 2.49 bits per heavy atom. The van der Waals surface area contributed by atoms with Gasteiger partial charge in [-0.3, -0.25) is 0 Å². The normalized spacial score (nSPS) is 16.0. The molecular formula is C25H26F3N5O2. The lowest BCUT2D eigenvalue weighted by Gasteiger charge is -2.30. The van der Waals surface area contributed by atoms with Crippen molar-refractivity contribution in [2.24, 2.45) is 0 Å². The molecular weight excluding hydrogens is 459 g/mol. The van der Waals surface area contributed by atoms with Crippen molar-refractivity contribution in [3.05, 3.63) is 52.6 Å². The van der Waals surface area contributed by atoms with Gasteiger partial charge in [0.25, 0.3) is 0 Å². The quantitative estimate of drug-likeness (QED) is 0.481. The number of pyridine rings is 1. The van der Waals surface area contributed by atoms with Crippen molar-refractivity contribution >= 4 is 16.9 Å². The number of nitriles is 1. The third-order valence-corrected chi connectivity index (χ3v) is 6.39. The number of benzene rings is 1. The number of hydrogen-bond donors (Lipinski definition) is 2. The number of halogens is 3. The number of nitrogens with one attached hydrogen (secondary N) is 1. The number of fused-ring (bicyclic) bond motifs is 1. The summed E-state index contributed by atoms with van der Waals surface area (Å²) < 4.78 is 50.2. The maximum atomic E-state index is 15.3. The molecule has 2 heterocycles. The molecule has 1 saturated carbocycles. The van der Waals surface area contributed by atoms with E-state index in [-0.39, 0.29) is 5.56 Å². The molecule has 2 aromatic heterocycles. The van der Waals surface area contributed by atoms with Crippen LogP contribution >= 0.6 is 0 Å². The van der Waals surface area contributed by atoms with E-state index in [2.05, 4.69) is 26.3 Å². The van der Waals surface area contributed by atoms with E-state index in [1.54, 1.807) is 19.9 Å². The predicted octanol–water partition coefficient (Wildman–Crippen LogP) is 5.07. The Morgan fingerprint density at radius 2 is 1.91 bits per heavy atom. The molecule has 1 aliphatic carbocycles. The molecule has 184 valence electrons. The predicted molar refractivity (Wildman–Crippen MR) is 124 cm³/mol. The minimum Gasteiger partial charge on any atom is -0.481 e. The number of nitrogens with zero attached hydrogens (tertiary/aromatic N) is 4. The van der Waals surface area contributed by atoms with Crippen LogP contribution in [0.15, 0.2) is 24.3 Å². The SMILES string of the molecule is COc1nc2nc(C)nc(N[C@H](C)c3cccc(C(F)(F)C(C)(C)O)c3F)c2cc1C1(C#N)CC1. The van der Waals surface area contributed by atoms with Crippen molar-refractivity contribution in [3.63, 3.8) is 0 Å². The van der Waals surface area contributed by atoms with E-state index in [1.165, 1.54) is 19.2 Å². The summed E-state index contributed by atoms with van der Waals surface area (Å²) in [5, 5.41) is 23.2. The standard InChI is InChI=1S/C25H26F3N5O2/c1-13(15-7-6-8-17(19(15)26)25(27,28)23(3,4)34)30-20-16-11-18(24(12-29)9-10-24)22(35-5)33-21(16)32-14(2)31-20/h6-8,11,13,34H,9-10H2,1-5H3,(H,30,31,32,33)/t13-/m1/s1. The average molecular weight is 486 g/mol. The van der Waals surface area contributed by atoms with Gasteiger partial charge in [0.1, 0.15) is 23.1 Å². The lowest BCUT2D eigenvalue weighted by atomic mass is 9.91. The summed E-state index contributed by atoms with van der Waals surface area (Å²) in [6.07, 6.45) is 1.35. The van der Waals surface area contributed by atoms with Crippen molar-refractivity contribution < 1.29 is 23.0 Å². The minimum absolute atomic E-state index is 0.0202. The summed E-state index contributed by atoms with van der Waals surface area (Å²) in [4.78, 5) is 13.3. The summed E-state index contributed by atoms with van der Waals surface area (Å²) in [6, 6.07) is 6.98. The highest BCUT2D eigenvalue weighted by atomic mass is 19.3. The zero-order valence-electron chi connectivity index (χ0n) is 20.1. The Bertz CT molecular complexity index is 1340. The number of alkyl halides is 2. The summed E-state index contributed by atoms with van der Waals surface area (Å²) in [6.45, 7) is 5.15. The van der Waals surface area contributed by atoms with Crippen LogP contribution in [0.3, 0.4) is 0 Å². The molecule has 35 heavy (non-hydrogen) atoms. The number of rotatable bonds is 7. The first-order valence-corrected chi connectivity index (χ1v) is 11.2. The lowest BCUT2D eigenvalue weighted by Crippen LogP contribution is -2.41. The van der Waals surface area contributed by atoms with Crippen LogP contribution in [-0.2, 0) is 11.3 Å². The number of methoxy groups -OCH3 is 1. The van der Waals surface area contributed by atoms with E-state index in [1.807, 2.05) is 0 Å². The molecule has 0 saturated heterocycles. The molecule has 7 nitrogen and oxygen atoms in total. The molecule has 1 aliphatic rings. The van der Waals surface area contributed by atoms with Crippen molar-refractivity contribution in [1.82, 2.24) is 15.0 Å². The summed E-state index contributed by atoms with van der Waals surface area (Å²) in [5.41, 5.74) is -3.11. The highest BCUT2D eigenvalue weighted by Gasteiger charge is 2.49. The van der Waals surface area contributed by atoms with Gasteiger partial charge in [0, 0.05) is 11.1 Å². The van der Waals surface area contributed by atoms with Crippen LogP contribution in [0.5, 0.6) is 5.88 Å². The fourth-order valence-electron chi connectivity index (χ4n) is 4.06. The molecule has 1 aromatic carbocycles. The number of ether oxygens (including phenoxy) is 1. The van der Waals surface area contributed by atoms with Gasteiger partial charge in [-0.2, -0.15) is 19.0 Å². The second-order valence-electron chi connectivity index (χ2n) is 9.44. The maximum Gasteiger partial charge on any atom is 0.303 e. The number of hydrogen-bond acceptors (Lipinski definition) is 7. The fourth-order valence-corrected chi connectivity index (χ4v) is 4.06. The Kier molecular flexibility index (Phi) is 5.88. The average Bonchev–Trinajstić information content (AvgIpc) is 3.58. The van der Waals surface area contributed by atoms with Crippen LogP contribution in [0.2, 0.25) is 0 Å². The van der Waals surface area contributed by atoms with E-state index >= 15 is 4.39 Å². The van der Waals surface area contributed by atoms with Gasteiger partial charge in [0.05, 0.1) is 35.6 Å². The van der Waals surface area contributed by atoms with Crippen LogP contribution in [0.25, 0.3) is 11.0 Å². The van der Waals surface area contributed by atoms with Crippen LogP contribution in [-0.4, -0.2) is 32.8 Å². The molecule has 0 radical (unpaired) electrons. The van der Waals surface area contributed by atoms with E-state index in [0.29, 0.717) is 47.0 Å². The zero-order valence-corrected chi connectivity index (χ0v) is 20.1. The maximum absolute atomic E-state index is 15.3. The van der Waals surface area contributed by atoms with Crippen LogP contribution in [0.4, 0.5) is 19.0 Å². The Labute approximate surface area is 201 Å². The summed E-state index contributed by atoms with van der Waals surface area (Å²) in [7, 11) is 1.47. The molecule has 2 N–H and O–H groups in total. The molecule has 1 atom stereocenters. The third-order valence-electron chi connectivity index (χ3n) is 6.39. The molecule has 10 heteroatoms. The van der Waals surface area contributed by atoms with Crippen molar-refractivity contribution in [3.8, 4) is 11.9 Å². The molecule has 3 aromatic rings. The molecule has 0 bridgehead atoms. The summed E-state index contributed by atoms with van der Waals surface area (Å²) >= 11 is 0. The Hall–Kier alpha value is -3.45. The molecule has 0 unspecified atom stereocenters. The van der Waals surface area contributed by atoms with E-state index in [4.69, 9.17) is 4.74 Å². The topological polar surface area (TPSA) is 104 Å². The van der Waals surface area contributed by atoms with Crippen molar-refractivity contribution in [1.29, 1.82) is 5.26 Å². The first kappa shape index (κ1) is 24.7. The Morgan fingerprint density at radius 1 is 1.23 bits per heavy atom. The first-order valence-electron chi connectivity index (χ1n) is 11.2. The van der Waals surface area contributed by atoms with Gasteiger partial charge in [0.15, 0.2) is 5.65 Å². The highest BCUT2D eigenvalue weighted by Crippen LogP contribution is 2.51. The smallest absolute Gasteiger partial charge is 0.303 e. The fraction of sp³-hybridized carbons (Fsp3) is 0.440. The number of anilines is 1. The van der Waals surface area contributed by atoms with Crippen LogP contribution in [0, 0.1) is 24.1 Å². The Balaban J connectivity index is 1.79. The van der Waals surface area contributed by atoms with Gasteiger partial charge >= 0.3 is 5.92 Å². The second-order valence-corrected chi connectivity index (χ2v) is 9.44. The van der Waals surface area contributed by atoms with Gasteiger partial charge in [-0.25, -0.2) is 14.4 Å².